The van der Waals surface area contributed by atoms with Crippen LogP contribution in [0.2, 0.25) is 0 Å². The second kappa shape index (κ2) is 9.48. The van der Waals surface area contributed by atoms with Gasteiger partial charge in [-0.25, -0.2) is 0 Å². The fraction of sp³-hybridized carbons (Fsp3) is 0.0385. The monoisotopic (exact) mass is 517 g/mol. The van der Waals surface area contributed by atoms with E-state index in [1.165, 1.54) is 49.2 Å². The number of aliphatic imine (C=N–C) groups is 1. The maximum absolute atomic E-state index is 12.8. The minimum absolute atomic E-state index is 0.000836. The Bertz CT molecular complexity index is 1560. The van der Waals surface area contributed by atoms with Crippen LogP contribution in [-0.2, 0) is 14.9 Å². The normalized spacial score (nSPS) is 16.5. The fourth-order valence-corrected chi connectivity index (χ4v) is 5.53. The first-order chi connectivity index (χ1) is 17.4. The fourth-order valence-electron chi connectivity index (χ4n) is 3.68. The molecule has 1 amide bonds. The molecule has 0 radical (unpaired) electrons. The summed E-state index contributed by atoms with van der Waals surface area (Å²) in [5.41, 5.74) is 2.27. The van der Waals surface area contributed by atoms with E-state index < -0.39 is 16.0 Å². The molecule has 0 aliphatic carbocycles. The summed E-state index contributed by atoms with van der Waals surface area (Å²) in [7, 11) is -2.68. The van der Waals surface area contributed by atoms with Crippen molar-refractivity contribution in [3.63, 3.8) is 0 Å². The average Bonchev–Trinajstić information content (AvgIpc) is 3.32. The topological polar surface area (TPSA) is 109 Å². The molecule has 10 heteroatoms. The second-order valence-corrected chi connectivity index (χ2v) is 10.1. The Labute approximate surface area is 212 Å². The predicted octanol–water partition coefficient (Wildman–Crippen LogP) is 4.77. The highest BCUT2D eigenvalue weighted by Crippen LogP contribution is 2.38. The molecule has 0 bridgehead atoms. The molecule has 3 aromatic rings. The number of thioether (sulfide) groups is 1. The van der Waals surface area contributed by atoms with E-state index in [2.05, 4.69) is 4.99 Å². The van der Waals surface area contributed by atoms with Crippen LogP contribution in [0.4, 0.5) is 0 Å². The van der Waals surface area contributed by atoms with Gasteiger partial charge in [-0.1, -0.05) is 66.4 Å². The molecule has 180 valence electrons. The summed E-state index contributed by atoms with van der Waals surface area (Å²) in [4.78, 5) is 18.6. The number of carbonyl (C=O) groups is 1. The molecule has 8 nitrogen and oxygen atoms in total. The Morgan fingerprint density at radius 3 is 2.36 bits per heavy atom. The van der Waals surface area contributed by atoms with Crippen molar-refractivity contribution in [3.8, 4) is 11.5 Å². The summed E-state index contributed by atoms with van der Waals surface area (Å²) in [6, 6.07) is 21.9. The van der Waals surface area contributed by atoms with Crippen molar-refractivity contribution >= 4 is 50.6 Å². The molecule has 36 heavy (non-hydrogen) atoms. The maximum atomic E-state index is 12.8. The van der Waals surface area contributed by atoms with Gasteiger partial charge in [-0.05, 0) is 41.5 Å². The van der Waals surface area contributed by atoms with E-state index in [4.69, 9.17) is 14.3 Å². The molecule has 5 rings (SSSR count). The number of hydrogen-bond acceptors (Lipinski definition) is 7. The maximum Gasteiger partial charge on any atom is 0.339 e. The van der Waals surface area contributed by atoms with Gasteiger partial charge in [-0.15, -0.1) is 0 Å². The zero-order valence-electron chi connectivity index (χ0n) is 18.9. The average molecular weight is 518 g/mol. The van der Waals surface area contributed by atoms with Crippen molar-refractivity contribution in [2.24, 2.45) is 4.99 Å². The molecule has 2 aliphatic heterocycles. The molecule has 0 aromatic heterocycles. The number of ether oxygens (including phenoxy) is 1. The predicted molar refractivity (Wildman–Crippen MR) is 139 cm³/mol. The molecule has 2 heterocycles. The molecule has 2 aliphatic rings. The van der Waals surface area contributed by atoms with Gasteiger partial charge in [0.15, 0.2) is 16.7 Å². The SMILES string of the molecule is COc1cc(/C=C2/C(=N)N3C(c4ccccc4)=CSC3=NC2=O)ccc1OS(=O)(=O)c1ccccc1. The largest absolute Gasteiger partial charge is 0.493 e. The molecule has 0 fully saturated rings. The zero-order valence-corrected chi connectivity index (χ0v) is 20.5. The van der Waals surface area contributed by atoms with Gasteiger partial charge < -0.3 is 8.92 Å². The number of amides is 1. The minimum atomic E-state index is -4.06. The first kappa shape index (κ1) is 23.6. The van der Waals surface area contributed by atoms with Crippen molar-refractivity contribution in [1.82, 2.24) is 4.90 Å². The summed E-state index contributed by atoms with van der Waals surface area (Å²) < 4.78 is 35.9. The highest BCUT2D eigenvalue weighted by molar-refractivity contribution is 8.17. The quantitative estimate of drug-likeness (QED) is 0.371. The highest BCUT2D eigenvalue weighted by atomic mass is 32.2. The smallest absolute Gasteiger partial charge is 0.339 e. The molecule has 1 N–H and O–H groups in total. The van der Waals surface area contributed by atoms with Gasteiger partial charge in [0.1, 0.15) is 10.7 Å². The van der Waals surface area contributed by atoms with Crippen molar-refractivity contribution in [2.75, 3.05) is 7.11 Å². The van der Waals surface area contributed by atoms with Crippen LogP contribution in [0.25, 0.3) is 11.8 Å². The molecule has 0 saturated carbocycles. The van der Waals surface area contributed by atoms with Crippen LogP contribution in [0, 0.1) is 5.41 Å². The number of amidine groups is 2. The lowest BCUT2D eigenvalue weighted by Gasteiger charge is -2.27. The van der Waals surface area contributed by atoms with E-state index in [1.807, 2.05) is 35.7 Å². The molecular formula is C26H19N3O5S2. The van der Waals surface area contributed by atoms with Crippen LogP contribution in [-0.4, -0.2) is 37.3 Å². The van der Waals surface area contributed by atoms with Gasteiger partial charge in [0.05, 0.1) is 18.4 Å². The summed E-state index contributed by atoms with van der Waals surface area (Å²) in [6.07, 6.45) is 1.52. The van der Waals surface area contributed by atoms with Gasteiger partial charge in [0.25, 0.3) is 5.91 Å². The van der Waals surface area contributed by atoms with Crippen LogP contribution in [0.15, 0.2) is 99.7 Å². The number of rotatable bonds is 6. The number of nitrogens with one attached hydrogen (secondary N) is 1. The Kier molecular flexibility index (Phi) is 6.21. The number of fused-ring (bicyclic) bond motifs is 1. The van der Waals surface area contributed by atoms with Crippen LogP contribution < -0.4 is 8.92 Å². The van der Waals surface area contributed by atoms with Crippen molar-refractivity contribution < 1.29 is 22.1 Å². The molecule has 0 unspecified atom stereocenters. The summed E-state index contributed by atoms with van der Waals surface area (Å²) in [6.45, 7) is 0. The number of carbonyl (C=O) groups excluding carboxylic acids is 1. The third kappa shape index (κ3) is 4.43. The molecule has 3 aromatic carbocycles. The van der Waals surface area contributed by atoms with E-state index in [9.17, 15) is 13.2 Å². The Morgan fingerprint density at radius 1 is 0.972 bits per heavy atom. The number of nitrogens with zero attached hydrogens (tertiary/aromatic N) is 2. The molecular weight excluding hydrogens is 498 g/mol. The number of benzene rings is 3. The van der Waals surface area contributed by atoms with Gasteiger partial charge in [-0.2, -0.15) is 13.4 Å². The molecule has 0 saturated heterocycles. The lowest BCUT2D eigenvalue weighted by molar-refractivity contribution is -0.114. The van der Waals surface area contributed by atoms with E-state index in [-0.39, 0.29) is 27.8 Å². The van der Waals surface area contributed by atoms with Gasteiger partial charge in [0, 0.05) is 5.41 Å². The van der Waals surface area contributed by atoms with Crippen LogP contribution >= 0.6 is 11.8 Å². The summed E-state index contributed by atoms with van der Waals surface area (Å²) in [5.74, 6) is -0.382. The van der Waals surface area contributed by atoms with Gasteiger partial charge in [0.2, 0.25) is 0 Å². The van der Waals surface area contributed by atoms with E-state index >= 15 is 0 Å². The van der Waals surface area contributed by atoms with Crippen LogP contribution in [0.3, 0.4) is 0 Å². The van der Waals surface area contributed by atoms with E-state index in [0.717, 1.165) is 11.3 Å². The van der Waals surface area contributed by atoms with Crippen molar-refractivity contribution in [2.45, 2.75) is 4.90 Å². The lowest BCUT2D eigenvalue weighted by atomic mass is 10.1. The third-order valence-corrected chi connectivity index (χ3v) is 7.49. The van der Waals surface area contributed by atoms with E-state index in [0.29, 0.717) is 10.7 Å². The van der Waals surface area contributed by atoms with Gasteiger partial charge in [-0.3, -0.25) is 15.1 Å². The lowest BCUT2D eigenvalue weighted by Crippen LogP contribution is -2.38. The highest BCUT2D eigenvalue weighted by Gasteiger charge is 2.36. The summed E-state index contributed by atoms with van der Waals surface area (Å²) >= 11 is 1.29. The second-order valence-electron chi connectivity index (χ2n) is 7.69. The standard InChI is InChI=1S/C26H19N3O5S2/c1-33-23-15-17(12-13-22(23)34-36(31,32)19-10-6-3-7-11-19)14-20-24(27)29-21(18-8-4-2-5-9-18)16-35-26(29)28-25(20)30/h2-16,27H,1H3/b20-14-,27-24?. The van der Waals surface area contributed by atoms with E-state index in [1.54, 1.807) is 29.2 Å². The Morgan fingerprint density at radius 2 is 1.67 bits per heavy atom. The van der Waals surface area contributed by atoms with Crippen LogP contribution in [0.1, 0.15) is 11.1 Å². The minimum Gasteiger partial charge on any atom is -0.493 e. The van der Waals surface area contributed by atoms with Gasteiger partial charge >= 0.3 is 10.1 Å². The zero-order chi connectivity index (χ0) is 25.3. The van der Waals surface area contributed by atoms with Crippen molar-refractivity contribution in [3.05, 3.63) is 101 Å². The molecule has 0 spiro atoms. The van der Waals surface area contributed by atoms with Crippen molar-refractivity contribution in [1.29, 1.82) is 5.41 Å². The molecule has 0 atom stereocenters. The third-order valence-electron chi connectivity index (χ3n) is 5.41. The first-order valence-corrected chi connectivity index (χ1v) is 13.0. The first-order valence-electron chi connectivity index (χ1n) is 10.7. The Hall–Kier alpha value is -4.15. The summed E-state index contributed by atoms with van der Waals surface area (Å²) in [5, 5.41) is 11.0. The Balaban J connectivity index is 1.45. The number of hydrogen-bond donors (Lipinski definition) is 1. The van der Waals surface area contributed by atoms with Crippen LogP contribution in [0.5, 0.6) is 11.5 Å². The number of methoxy groups -OCH3 is 1.